The van der Waals surface area contributed by atoms with Crippen molar-refractivity contribution in [2.45, 2.75) is 18.6 Å². The number of nitrogens with one attached hydrogen (secondary N) is 3. The van der Waals surface area contributed by atoms with Gasteiger partial charge in [-0.2, -0.15) is 5.26 Å². The highest BCUT2D eigenvalue weighted by Crippen LogP contribution is 2.32. The molecule has 3 aromatic heterocycles. The molecule has 5 rings (SSSR count). The van der Waals surface area contributed by atoms with Crippen molar-refractivity contribution in [3.05, 3.63) is 58.9 Å². The Morgan fingerprint density at radius 3 is 3.03 bits per heavy atom. The minimum atomic E-state index is -1.34. The van der Waals surface area contributed by atoms with Gasteiger partial charge in [-0.25, -0.2) is 15.0 Å². The van der Waals surface area contributed by atoms with E-state index in [-0.39, 0.29) is 6.04 Å². The quantitative estimate of drug-likeness (QED) is 0.336. The molecular formula is C24H22N8OS. The summed E-state index contributed by atoms with van der Waals surface area (Å²) in [5, 5.41) is 30.0. The molecule has 0 aliphatic carbocycles. The van der Waals surface area contributed by atoms with Crippen molar-refractivity contribution in [3.63, 3.8) is 0 Å². The Balaban J connectivity index is 1.53. The summed E-state index contributed by atoms with van der Waals surface area (Å²) >= 11 is 1.36. The van der Waals surface area contributed by atoms with Gasteiger partial charge >= 0.3 is 0 Å². The zero-order valence-corrected chi connectivity index (χ0v) is 19.2. The molecule has 2 unspecified atom stereocenters. The number of anilines is 3. The van der Waals surface area contributed by atoms with E-state index in [9.17, 15) is 10.4 Å². The maximum Gasteiger partial charge on any atom is 0.174 e. The fourth-order valence-electron chi connectivity index (χ4n) is 3.86. The van der Waals surface area contributed by atoms with Gasteiger partial charge in [-0.05, 0) is 31.2 Å². The second-order valence-corrected chi connectivity index (χ2v) is 8.96. The van der Waals surface area contributed by atoms with E-state index < -0.39 is 5.60 Å². The first-order chi connectivity index (χ1) is 16.5. The first kappa shape index (κ1) is 21.9. The number of hydrogen-bond acceptors (Lipinski definition) is 9. The number of benzene rings is 1. The molecular weight excluding hydrogens is 448 g/mol. The minimum absolute atomic E-state index is 0.245. The maximum atomic E-state index is 10.7. The molecule has 4 N–H and O–H groups in total. The number of thiazole rings is 1. The van der Waals surface area contributed by atoms with E-state index >= 15 is 0 Å². The Kier molecular flexibility index (Phi) is 5.86. The van der Waals surface area contributed by atoms with E-state index in [2.05, 4.69) is 53.4 Å². The number of hydrogen-bond donors (Lipinski definition) is 4. The highest BCUT2D eigenvalue weighted by atomic mass is 32.1. The Morgan fingerprint density at radius 1 is 1.29 bits per heavy atom. The lowest BCUT2D eigenvalue weighted by molar-refractivity contribution is 0.122. The summed E-state index contributed by atoms with van der Waals surface area (Å²) in [5.41, 5.74) is 1.88. The molecule has 1 aliphatic rings. The molecule has 1 saturated heterocycles. The van der Waals surface area contributed by atoms with Crippen molar-refractivity contribution in [3.8, 4) is 17.9 Å². The van der Waals surface area contributed by atoms with Crippen molar-refractivity contribution in [2.75, 3.05) is 29.9 Å². The highest BCUT2D eigenvalue weighted by molar-refractivity contribution is 7.09. The van der Waals surface area contributed by atoms with Crippen LogP contribution in [-0.2, 0) is 5.60 Å². The zero-order chi connectivity index (χ0) is 23.5. The fraction of sp³-hybridized carbons (Fsp3) is 0.250. The largest absolute Gasteiger partial charge is 0.371 e. The smallest absolute Gasteiger partial charge is 0.174 e. The van der Waals surface area contributed by atoms with Gasteiger partial charge in [0.25, 0.3) is 0 Å². The van der Waals surface area contributed by atoms with Crippen LogP contribution in [-0.4, -0.2) is 50.7 Å². The molecule has 4 heterocycles. The number of aliphatic hydroxyl groups is 1. The van der Waals surface area contributed by atoms with Crippen LogP contribution in [0.15, 0.2) is 48.4 Å². The third-order valence-corrected chi connectivity index (χ3v) is 6.56. The molecule has 4 aromatic rings. The van der Waals surface area contributed by atoms with Crippen LogP contribution in [0.1, 0.15) is 17.5 Å². The number of nitriles is 1. The average molecular weight is 471 g/mol. The van der Waals surface area contributed by atoms with Gasteiger partial charge in [0, 0.05) is 43.0 Å². The molecule has 170 valence electrons. The average Bonchev–Trinajstić information content (AvgIpc) is 3.56. The number of nitrogens with zero attached hydrogens (tertiary/aromatic N) is 5. The van der Waals surface area contributed by atoms with Gasteiger partial charge in [0.1, 0.15) is 28.8 Å². The molecule has 0 saturated carbocycles. The first-order valence-electron chi connectivity index (χ1n) is 10.8. The van der Waals surface area contributed by atoms with Crippen molar-refractivity contribution in [1.29, 1.82) is 5.26 Å². The lowest BCUT2D eigenvalue weighted by Crippen LogP contribution is -2.50. The SMILES string of the molecule is CC(O)(C#Cc1ccc(N2CCNC(C#N)C2)c(Nc2ncnc3[nH]ccc23)c1)c1nccs1. The van der Waals surface area contributed by atoms with E-state index in [1.807, 2.05) is 35.8 Å². The van der Waals surface area contributed by atoms with Crippen LogP contribution in [0.2, 0.25) is 0 Å². The molecule has 0 spiro atoms. The Labute approximate surface area is 200 Å². The van der Waals surface area contributed by atoms with E-state index in [0.717, 1.165) is 34.5 Å². The second kappa shape index (κ2) is 9.12. The summed E-state index contributed by atoms with van der Waals surface area (Å²) in [6.45, 7) is 3.68. The second-order valence-electron chi connectivity index (χ2n) is 8.06. The Hall–Kier alpha value is -3.96. The van der Waals surface area contributed by atoms with Crippen molar-refractivity contribution in [2.24, 2.45) is 0 Å². The van der Waals surface area contributed by atoms with Crippen LogP contribution in [0.4, 0.5) is 17.2 Å². The predicted molar refractivity (Wildman–Crippen MR) is 132 cm³/mol. The van der Waals surface area contributed by atoms with E-state index in [1.165, 1.54) is 17.7 Å². The fourth-order valence-corrected chi connectivity index (χ4v) is 4.51. The van der Waals surface area contributed by atoms with Gasteiger partial charge in [0.15, 0.2) is 5.60 Å². The van der Waals surface area contributed by atoms with Crippen LogP contribution in [0, 0.1) is 23.2 Å². The van der Waals surface area contributed by atoms with E-state index in [1.54, 1.807) is 13.1 Å². The molecule has 10 heteroatoms. The van der Waals surface area contributed by atoms with Gasteiger partial charge in [-0.15, -0.1) is 11.3 Å². The van der Waals surface area contributed by atoms with Crippen molar-refractivity contribution in [1.82, 2.24) is 25.3 Å². The summed E-state index contributed by atoms with van der Waals surface area (Å²) in [4.78, 5) is 18.1. The van der Waals surface area contributed by atoms with E-state index in [4.69, 9.17) is 0 Å². The third-order valence-electron chi connectivity index (χ3n) is 5.57. The summed E-state index contributed by atoms with van der Waals surface area (Å²) in [5.74, 6) is 6.69. The minimum Gasteiger partial charge on any atom is -0.371 e. The number of aromatic nitrogens is 4. The number of piperazine rings is 1. The number of rotatable bonds is 4. The van der Waals surface area contributed by atoms with Crippen LogP contribution >= 0.6 is 11.3 Å². The molecule has 1 aliphatic heterocycles. The topological polar surface area (TPSA) is 126 Å². The predicted octanol–water partition coefficient (Wildman–Crippen LogP) is 2.72. The highest BCUT2D eigenvalue weighted by Gasteiger charge is 2.24. The van der Waals surface area contributed by atoms with Crippen LogP contribution in [0.3, 0.4) is 0 Å². The Morgan fingerprint density at radius 2 is 2.21 bits per heavy atom. The normalized spacial score (nSPS) is 17.4. The lowest BCUT2D eigenvalue weighted by atomic mass is 10.1. The van der Waals surface area contributed by atoms with E-state index in [0.29, 0.717) is 23.9 Å². The molecule has 34 heavy (non-hydrogen) atoms. The molecule has 1 fully saturated rings. The maximum absolute atomic E-state index is 10.7. The lowest BCUT2D eigenvalue weighted by Gasteiger charge is -2.33. The zero-order valence-electron chi connectivity index (χ0n) is 18.4. The van der Waals surface area contributed by atoms with Gasteiger partial charge < -0.3 is 20.3 Å². The number of fused-ring (bicyclic) bond motifs is 1. The monoisotopic (exact) mass is 470 g/mol. The first-order valence-corrected chi connectivity index (χ1v) is 11.6. The van der Waals surface area contributed by atoms with Crippen molar-refractivity contribution < 1.29 is 5.11 Å². The third kappa shape index (κ3) is 4.43. The summed E-state index contributed by atoms with van der Waals surface area (Å²) in [6.07, 6.45) is 4.98. The Bertz CT molecular complexity index is 1410. The molecule has 0 radical (unpaired) electrons. The van der Waals surface area contributed by atoms with Crippen LogP contribution in [0.25, 0.3) is 11.0 Å². The standard InChI is InChI=1S/C24H22N8OS/c1-24(33,23-28-9-11-34-23)6-4-16-2-3-20(32-10-8-26-17(13-25)14-32)19(12-16)31-22-18-5-7-27-21(18)29-15-30-22/h2-3,5,7,9,11-12,15,17,26,33H,8,10,14H2,1H3,(H2,27,29,30,31). The number of aromatic amines is 1. The van der Waals surface area contributed by atoms with Gasteiger partial charge in [-0.3, -0.25) is 5.32 Å². The molecule has 9 nitrogen and oxygen atoms in total. The molecule has 1 aromatic carbocycles. The van der Waals surface area contributed by atoms with Gasteiger partial charge in [-0.1, -0.05) is 11.8 Å². The summed E-state index contributed by atoms with van der Waals surface area (Å²) in [7, 11) is 0. The van der Waals surface area contributed by atoms with Gasteiger partial charge in [0.2, 0.25) is 0 Å². The molecule has 2 atom stereocenters. The summed E-state index contributed by atoms with van der Waals surface area (Å²) in [6, 6.07) is 9.81. The summed E-state index contributed by atoms with van der Waals surface area (Å²) < 4.78 is 0. The van der Waals surface area contributed by atoms with Crippen LogP contribution in [0.5, 0.6) is 0 Å². The molecule has 0 bridgehead atoms. The number of H-pyrrole nitrogens is 1. The molecule has 0 amide bonds. The van der Waals surface area contributed by atoms with Crippen LogP contribution < -0.4 is 15.5 Å². The van der Waals surface area contributed by atoms with Crippen molar-refractivity contribution >= 4 is 39.6 Å². The van der Waals surface area contributed by atoms with Gasteiger partial charge in [0.05, 0.1) is 22.8 Å².